The van der Waals surface area contributed by atoms with E-state index in [1.807, 2.05) is 0 Å². The van der Waals surface area contributed by atoms with Gasteiger partial charge >= 0.3 is 5.97 Å². The number of hydrogen-bond acceptors (Lipinski definition) is 5. The largest absolute Gasteiger partial charge is 0.479 e. The average Bonchev–Trinajstić information content (AvgIpc) is 2.64. The lowest BCUT2D eigenvalue weighted by Gasteiger charge is -2.18. The highest BCUT2D eigenvalue weighted by Gasteiger charge is 2.30. The lowest BCUT2D eigenvalue weighted by atomic mass is 10.1. The minimum atomic E-state index is -2.04. The van der Waals surface area contributed by atoms with Gasteiger partial charge in [-0.1, -0.05) is 0 Å². The summed E-state index contributed by atoms with van der Waals surface area (Å²) in [6.45, 7) is 0.683. The van der Waals surface area contributed by atoms with Gasteiger partial charge in [0, 0.05) is 22.6 Å². The number of thioether (sulfide) groups is 1. The fourth-order valence-electron chi connectivity index (χ4n) is 1.79. The Balaban J connectivity index is 2.11. The molecule has 1 aliphatic rings. The molecule has 0 fully saturated rings. The third kappa shape index (κ3) is 3.77. The van der Waals surface area contributed by atoms with Crippen LogP contribution in [-0.2, 0) is 9.59 Å². The third-order valence-corrected chi connectivity index (χ3v) is 4.23. The summed E-state index contributed by atoms with van der Waals surface area (Å²) >= 11 is 1.52. The average molecular weight is 324 g/mol. The van der Waals surface area contributed by atoms with Gasteiger partial charge in [0.15, 0.2) is 5.60 Å². The molecule has 22 heavy (non-hydrogen) atoms. The zero-order chi connectivity index (χ0) is 16.3. The summed E-state index contributed by atoms with van der Waals surface area (Å²) in [6, 6.07) is 4.86. The van der Waals surface area contributed by atoms with Crippen molar-refractivity contribution >= 4 is 35.2 Å². The molecule has 0 bridgehead atoms. The van der Waals surface area contributed by atoms with Crippen molar-refractivity contribution in [3.63, 3.8) is 0 Å². The molecule has 1 atom stereocenters. The first-order valence-corrected chi connectivity index (χ1v) is 7.59. The molecule has 2 rings (SSSR count). The van der Waals surface area contributed by atoms with Gasteiger partial charge in [0.05, 0.1) is 12.2 Å². The maximum absolute atomic E-state index is 12.0. The van der Waals surface area contributed by atoms with Crippen LogP contribution in [0.25, 0.3) is 0 Å². The minimum absolute atomic E-state index is 0.113. The predicted octanol–water partition coefficient (Wildman–Crippen LogP) is 0.686. The first-order valence-electron chi connectivity index (χ1n) is 6.60. The van der Waals surface area contributed by atoms with Crippen LogP contribution in [0.4, 0.5) is 5.69 Å². The minimum Gasteiger partial charge on any atom is -0.479 e. The highest BCUT2D eigenvalue weighted by atomic mass is 32.2. The van der Waals surface area contributed by atoms with E-state index in [9.17, 15) is 19.5 Å². The third-order valence-electron chi connectivity index (χ3n) is 3.16. The van der Waals surface area contributed by atoms with Crippen molar-refractivity contribution in [2.24, 2.45) is 0 Å². The van der Waals surface area contributed by atoms with Crippen molar-refractivity contribution in [1.29, 1.82) is 0 Å². The zero-order valence-electron chi connectivity index (χ0n) is 11.9. The van der Waals surface area contributed by atoms with E-state index in [0.717, 1.165) is 11.8 Å². The molecule has 1 heterocycles. The number of amides is 2. The summed E-state index contributed by atoms with van der Waals surface area (Å²) in [4.78, 5) is 35.2. The van der Waals surface area contributed by atoms with Crippen LogP contribution in [0.3, 0.4) is 0 Å². The molecule has 0 aromatic heterocycles. The predicted molar refractivity (Wildman–Crippen MR) is 81.0 cm³/mol. The van der Waals surface area contributed by atoms with Crippen LogP contribution in [0.5, 0.6) is 0 Å². The number of anilines is 1. The van der Waals surface area contributed by atoms with E-state index in [0.29, 0.717) is 17.9 Å². The quantitative estimate of drug-likeness (QED) is 0.647. The second kappa shape index (κ2) is 6.37. The van der Waals surface area contributed by atoms with Gasteiger partial charge in [-0.15, -0.1) is 11.8 Å². The van der Waals surface area contributed by atoms with Crippen molar-refractivity contribution in [2.45, 2.75) is 23.8 Å². The van der Waals surface area contributed by atoms with E-state index >= 15 is 0 Å². The van der Waals surface area contributed by atoms with Crippen molar-refractivity contribution in [3.8, 4) is 0 Å². The molecule has 118 valence electrons. The van der Waals surface area contributed by atoms with Crippen molar-refractivity contribution in [3.05, 3.63) is 23.8 Å². The lowest BCUT2D eigenvalue weighted by molar-refractivity contribution is -0.155. The van der Waals surface area contributed by atoms with Crippen LogP contribution in [0, 0.1) is 0 Å². The first kappa shape index (κ1) is 16.3. The molecule has 0 saturated carbocycles. The highest BCUT2D eigenvalue weighted by Crippen LogP contribution is 2.31. The molecule has 8 heteroatoms. The number of fused-ring (bicyclic) bond motifs is 1. The summed E-state index contributed by atoms with van der Waals surface area (Å²) in [5.41, 5.74) is -1.20. The van der Waals surface area contributed by atoms with Crippen molar-refractivity contribution < 1.29 is 24.6 Å². The fraction of sp³-hybridized carbons (Fsp3) is 0.357. The normalized spacial score (nSPS) is 16.7. The summed E-state index contributed by atoms with van der Waals surface area (Å²) in [5, 5.41) is 23.5. The summed E-state index contributed by atoms with van der Waals surface area (Å²) in [7, 11) is 0. The van der Waals surface area contributed by atoms with Crippen LogP contribution >= 0.6 is 11.8 Å². The standard InChI is InChI=1S/C14H16N2O5S/c1-14(21,13(19)20)7-15-12(18)8-2-3-10-9(6-8)16-11(17)4-5-22-10/h2-3,6,21H,4-5,7H2,1H3,(H,15,18)(H,16,17)(H,19,20). The Morgan fingerprint density at radius 1 is 1.45 bits per heavy atom. The van der Waals surface area contributed by atoms with Crippen LogP contribution < -0.4 is 10.6 Å². The molecular weight excluding hydrogens is 308 g/mol. The molecule has 1 unspecified atom stereocenters. The van der Waals surface area contributed by atoms with Gasteiger partial charge in [-0.3, -0.25) is 9.59 Å². The second-order valence-electron chi connectivity index (χ2n) is 5.12. The topological polar surface area (TPSA) is 116 Å². The number of aliphatic hydroxyl groups is 1. The monoisotopic (exact) mass is 324 g/mol. The summed E-state index contributed by atoms with van der Waals surface area (Å²) in [6.07, 6.45) is 0.405. The molecule has 0 saturated heterocycles. The Morgan fingerprint density at radius 3 is 2.86 bits per heavy atom. The molecular formula is C14H16N2O5S. The number of aliphatic carboxylic acids is 1. The Kier molecular flexibility index (Phi) is 4.72. The summed E-state index contributed by atoms with van der Waals surface area (Å²) in [5.74, 6) is -1.38. The molecule has 0 aliphatic carbocycles. The van der Waals surface area contributed by atoms with E-state index in [-0.39, 0.29) is 11.5 Å². The number of benzene rings is 1. The van der Waals surface area contributed by atoms with E-state index in [2.05, 4.69) is 10.6 Å². The summed E-state index contributed by atoms with van der Waals surface area (Å²) < 4.78 is 0. The van der Waals surface area contributed by atoms with E-state index in [1.165, 1.54) is 17.8 Å². The van der Waals surface area contributed by atoms with Gasteiger partial charge < -0.3 is 20.8 Å². The van der Waals surface area contributed by atoms with E-state index < -0.39 is 24.0 Å². The molecule has 0 spiro atoms. The Labute approximate surface area is 131 Å². The molecule has 7 nitrogen and oxygen atoms in total. The van der Waals surface area contributed by atoms with Crippen LogP contribution in [0.15, 0.2) is 23.1 Å². The van der Waals surface area contributed by atoms with Gasteiger partial charge in [0.1, 0.15) is 0 Å². The Hall–Kier alpha value is -2.06. The Bertz CT molecular complexity index is 630. The maximum atomic E-state index is 12.0. The van der Waals surface area contributed by atoms with Gasteiger partial charge in [-0.25, -0.2) is 4.79 Å². The number of hydrogen-bond donors (Lipinski definition) is 4. The smallest absolute Gasteiger partial charge is 0.337 e. The van der Waals surface area contributed by atoms with Crippen LogP contribution in [-0.4, -0.2) is 45.9 Å². The SMILES string of the molecule is CC(O)(CNC(=O)c1ccc2c(c1)NC(=O)CCS2)C(=O)O. The molecule has 1 aromatic carbocycles. The molecule has 1 aromatic rings. The molecule has 0 radical (unpaired) electrons. The first-order chi connectivity index (χ1) is 10.3. The maximum Gasteiger partial charge on any atom is 0.337 e. The number of carboxylic acids is 1. The van der Waals surface area contributed by atoms with Crippen LogP contribution in [0.1, 0.15) is 23.7 Å². The molecule has 4 N–H and O–H groups in total. The van der Waals surface area contributed by atoms with E-state index in [1.54, 1.807) is 12.1 Å². The van der Waals surface area contributed by atoms with Crippen molar-refractivity contribution in [2.75, 3.05) is 17.6 Å². The molecule has 1 aliphatic heterocycles. The number of carboxylic acid groups (broad SMARTS) is 1. The number of rotatable bonds is 4. The highest BCUT2D eigenvalue weighted by molar-refractivity contribution is 7.99. The van der Waals surface area contributed by atoms with Gasteiger partial charge in [-0.2, -0.15) is 0 Å². The van der Waals surface area contributed by atoms with Gasteiger partial charge in [-0.05, 0) is 25.1 Å². The number of carbonyl (C=O) groups is 3. The van der Waals surface area contributed by atoms with Gasteiger partial charge in [0.25, 0.3) is 5.91 Å². The number of nitrogens with one attached hydrogen (secondary N) is 2. The second-order valence-corrected chi connectivity index (χ2v) is 6.26. The van der Waals surface area contributed by atoms with E-state index in [4.69, 9.17) is 5.11 Å². The molecule has 2 amide bonds. The Morgan fingerprint density at radius 2 is 2.18 bits per heavy atom. The fourth-order valence-corrected chi connectivity index (χ4v) is 2.73. The number of carbonyl (C=O) groups excluding carboxylic acids is 2. The lowest BCUT2D eigenvalue weighted by Crippen LogP contribution is -2.46. The van der Waals surface area contributed by atoms with Gasteiger partial charge in [0.2, 0.25) is 5.91 Å². The van der Waals surface area contributed by atoms with Crippen LogP contribution in [0.2, 0.25) is 0 Å². The van der Waals surface area contributed by atoms with Crippen molar-refractivity contribution in [1.82, 2.24) is 5.32 Å². The zero-order valence-corrected chi connectivity index (χ0v) is 12.7.